The van der Waals surface area contributed by atoms with Crippen LogP contribution < -0.4 is 5.32 Å². The monoisotopic (exact) mass is 311 g/mol. The highest BCUT2D eigenvalue weighted by molar-refractivity contribution is 6.31. The maximum absolute atomic E-state index is 12.3. The Morgan fingerprint density at radius 1 is 1.48 bits per heavy atom. The van der Waals surface area contributed by atoms with Gasteiger partial charge in [0.05, 0.1) is 6.10 Å². The van der Waals surface area contributed by atoms with Crippen LogP contribution in [-0.4, -0.2) is 31.1 Å². The van der Waals surface area contributed by atoms with E-state index >= 15 is 0 Å². The molecule has 114 valence electrons. The summed E-state index contributed by atoms with van der Waals surface area (Å²) >= 11 is 6.08. The number of amides is 1. The van der Waals surface area contributed by atoms with Gasteiger partial charge in [-0.2, -0.15) is 0 Å². The molecule has 0 aliphatic carbocycles. The van der Waals surface area contributed by atoms with E-state index in [0.717, 1.165) is 19.4 Å². The molecule has 0 spiro atoms. The van der Waals surface area contributed by atoms with Gasteiger partial charge in [-0.15, -0.1) is 0 Å². The molecule has 5 nitrogen and oxygen atoms in total. The maximum atomic E-state index is 12.3. The lowest BCUT2D eigenvalue weighted by molar-refractivity contribution is -0.154. The van der Waals surface area contributed by atoms with Crippen LogP contribution in [0.4, 0.5) is 0 Å². The topological polar surface area (TPSA) is 64.6 Å². The molecule has 1 aromatic rings. The lowest BCUT2D eigenvalue weighted by atomic mass is 10.1. The number of benzene rings is 1. The summed E-state index contributed by atoms with van der Waals surface area (Å²) in [5.74, 6) is -0.930. The molecule has 1 aromatic carbocycles. The van der Waals surface area contributed by atoms with Crippen molar-refractivity contribution in [2.75, 3.05) is 13.2 Å². The molecule has 1 N–H and O–H groups in total. The fourth-order valence-corrected chi connectivity index (χ4v) is 2.46. The second kappa shape index (κ2) is 7.43. The van der Waals surface area contributed by atoms with Crippen molar-refractivity contribution in [2.24, 2.45) is 0 Å². The van der Waals surface area contributed by atoms with Gasteiger partial charge in [-0.25, -0.2) is 0 Å². The fraction of sp³-hybridized carbons (Fsp3) is 0.467. The minimum absolute atomic E-state index is 0.0261. The minimum Gasteiger partial charge on any atom is -0.447 e. The van der Waals surface area contributed by atoms with Gasteiger partial charge in [0.25, 0.3) is 5.91 Å². The molecule has 0 radical (unpaired) electrons. The zero-order valence-corrected chi connectivity index (χ0v) is 12.6. The van der Waals surface area contributed by atoms with E-state index in [1.165, 1.54) is 6.92 Å². The lowest BCUT2D eigenvalue weighted by Gasteiger charge is -2.19. The van der Waals surface area contributed by atoms with Crippen LogP contribution in [0.2, 0.25) is 5.02 Å². The molecule has 1 fully saturated rings. The first-order valence-electron chi connectivity index (χ1n) is 6.89. The molecule has 0 saturated carbocycles. The third kappa shape index (κ3) is 4.44. The van der Waals surface area contributed by atoms with Crippen LogP contribution in [0.3, 0.4) is 0 Å². The van der Waals surface area contributed by atoms with E-state index in [1.54, 1.807) is 24.3 Å². The first kappa shape index (κ1) is 15.8. The van der Waals surface area contributed by atoms with Gasteiger partial charge in [0, 0.05) is 30.7 Å². The number of carbonyl (C=O) groups excluding carboxylic acids is 2. The summed E-state index contributed by atoms with van der Waals surface area (Å²) in [6, 6.07) is 6.81. The third-order valence-corrected chi connectivity index (χ3v) is 3.58. The van der Waals surface area contributed by atoms with E-state index in [9.17, 15) is 9.59 Å². The number of esters is 1. The summed E-state index contributed by atoms with van der Waals surface area (Å²) < 4.78 is 10.6. The van der Waals surface area contributed by atoms with Gasteiger partial charge in [-0.05, 0) is 18.9 Å². The molecule has 6 heteroatoms. The van der Waals surface area contributed by atoms with Gasteiger partial charge in [0.2, 0.25) is 6.10 Å². The Balaban J connectivity index is 2.06. The predicted molar refractivity (Wildman–Crippen MR) is 77.9 cm³/mol. The molecule has 1 heterocycles. The molecule has 2 atom stereocenters. The number of halogens is 1. The SMILES string of the molecule is CC(=O)OC(C(=O)NCC1CCCO1)c1ccccc1Cl. The average Bonchev–Trinajstić information content (AvgIpc) is 2.96. The van der Waals surface area contributed by atoms with Crippen molar-refractivity contribution < 1.29 is 19.1 Å². The van der Waals surface area contributed by atoms with Crippen LogP contribution in [-0.2, 0) is 19.1 Å². The van der Waals surface area contributed by atoms with Gasteiger partial charge in [0.15, 0.2) is 0 Å². The molecular weight excluding hydrogens is 294 g/mol. The second-order valence-corrected chi connectivity index (χ2v) is 5.30. The van der Waals surface area contributed by atoms with Crippen LogP contribution in [0.25, 0.3) is 0 Å². The van der Waals surface area contributed by atoms with E-state index in [1.807, 2.05) is 0 Å². The molecular formula is C15H18ClNO4. The number of rotatable bonds is 5. The Hall–Kier alpha value is -1.59. The van der Waals surface area contributed by atoms with Crippen molar-refractivity contribution in [1.82, 2.24) is 5.32 Å². The van der Waals surface area contributed by atoms with Crippen molar-refractivity contribution in [2.45, 2.75) is 32.0 Å². The molecule has 0 bridgehead atoms. The molecule has 2 rings (SSSR count). The molecule has 1 aliphatic rings. The van der Waals surface area contributed by atoms with E-state index in [-0.39, 0.29) is 6.10 Å². The van der Waals surface area contributed by atoms with Gasteiger partial charge in [-0.1, -0.05) is 29.8 Å². The number of hydrogen-bond acceptors (Lipinski definition) is 4. The molecule has 1 saturated heterocycles. The standard InChI is InChI=1S/C15H18ClNO4/c1-10(18)21-14(12-6-2-3-7-13(12)16)15(19)17-9-11-5-4-8-20-11/h2-3,6-7,11,14H,4-5,8-9H2,1H3,(H,17,19). The van der Waals surface area contributed by atoms with Crippen LogP contribution in [0.15, 0.2) is 24.3 Å². The largest absolute Gasteiger partial charge is 0.447 e. The Bertz CT molecular complexity index is 514. The van der Waals surface area contributed by atoms with Gasteiger partial charge >= 0.3 is 5.97 Å². The summed E-state index contributed by atoms with van der Waals surface area (Å²) in [5.41, 5.74) is 0.471. The number of hydrogen-bond donors (Lipinski definition) is 1. The second-order valence-electron chi connectivity index (χ2n) is 4.89. The molecule has 1 aliphatic heterocycles. The molecule has 1 amide bonds. The van der Waals surface area contributed by atoms with Crippen LogP contribution in [0.1, 0.15) is 31.4 Å². The van der Waals surface area contributed by atoms with Gasteiger partial charge < -0.3 is 14.8 Å². The van der Waals surface area contributed by atoms with E-state index in [0.29, 0.717) is 17.1 Å². The van der Waals surface area contributed by atoms with Crippen molar-refractivity contribution in [3.05, 3.63) is 34.9 Å². The van der Waals surface area contributed by atoms with Crippen molar-refractivity contribution in [3.8, 4) is 0 Å². The summed E-state index contributed by atoms with van der Waals surface area (Å²) in [5, 5.41) is 3.14. The number of carbonyl (C=O) groups is 2. The van der Waals surface area contributed by atoms with Crippen LogP contribution in [0, 0.1) is 0 Å². The van der Waals surface area contributed by atoms with Gasteiger partial charge in [0.1, 0.15) is 0 Å². The third-order valence-electron chi connectivity index (χ3n) is 3.24. The van der Waals surface area contributed by atoms with Gasteiger partial charge in [-0.3, -0.25) is 9.59 Å². The summed E-state index contributed by atoms with van der Waals surface area (Å²) in [4.78, 5) is 23.5. The molecule has 21 heavy (non-hydrogen) atoms. The van der Waals surface area contributed by atoms with Crippen molar-refractivity contribution in [1.29, 1.82) is 0 Å². The first-order chi connectivity index (χ1) is 10.1. The zero-order valence-electron chi connectivity index (χ0n) is 11.8. The normalized spacial score (nSPS) is 19.0. The highest BCUT2D eigenvalue weighted by Crippen LogP contribution is 2.26. The molecule has 0 aromatic heterocycles. The van der Waals surface area contributed by atoms with E-state index in [2.05, 4.69) is 5.32 Å². The van der Waals surface area contributed by atoms with Crippen molar-refractivity contribution in [3.63, 3.8) is 0 Å². The van der Waals surface area contributed by atoms with Crippen LogP contribution in [0.5, 0.6) is 0 Å². The lowest BCUT2D eigenvalue weighted by Crippen LogP contribution is -2.36. The van der Waals surface area contributed by atoms with E-state index < -0.39 is 18.0 Å². The first-order valence-corrected chi connectivity index (χ1v) is 7.26. The Morgan fingerprint density at radius 2 is 2.24 bits per heavy atom. The highest BCUT2D eigenvalue weighted by atomic mass is 35.5. The van der Waals surface area contributed by atoms with Crippen LogP contribution >= 0.6 is 11.6 Å². The summed E-state index contributed by atoms with van der Waals surface area (Å²) in [6.45, 7) is 2.39. The quantitative estimate of drug-likeness (QED) is 0.847. The maximum Gasteiger partial charge on any atom is 0.303 e. The summed E-state index contributed by atoms with van der Waals surface area (Å²) in [6.07, 6.45) is 0.902. The average molecular weight is 312 g/mol. The Morgan fingerprint density at radius 3 is 2.86 bits per heavy atom. The molecule has 2 unspecified atom stereocenters. The smallest absolute Gasteiger partial charge is 0.303 e. The Kier molecular flexibility index (Phi) is 5.59. The van der Waals surface area contributed by atoms with E-state index in [4.69, 9.17) is 21.1 Å². The minimum atomic E-state index is -1.04. The Labute approximate surface area is 128 Å². The number of nitrogens with one attached hydrogen (secondary N) is 1. The van der Waals surface area contributed by atoms with Crippen molar-refractivity contribution >= 4 is 23.5 Å². The highest BCUT2D eigenvalue weighted by Gasteiger charge is 2.27. The zero-order chi connectivity index (χ0) is 15.2. The fourth-order valence-electron chi connectivity index (χ4n) is 2.22. The predicted octanol–water partition coefficient (Wildman–Crippen LogP) is 2.24. The summed E-state index contributed by atoms with van der Waals surface area (Å²) in [7, 11) is 0. The number of ether oxygens (including phenoxy) is 2.